The molecule has 0 atom stereocenters. The molecule has 0 heterocycles. The molecule has 1 aromatic rings. The molecule has 0 saturated carbocycles. The second-order valence-corrected chi connectivity index (χ2v) is 4.62. The van der Waals surface area contributed by atoms with Crippen LogP contribution >= 0.6 is 0 Å². The monoisotopic (exact) mass is 248 g/mol. The number of halogens is 1. The molecule has 98 valence electrons. The molecule has 0 spiro atoms. The molecule has 2 nitrogen and oxygen atoms in total. The van der Waals surface area contributed by atoms with Gasteiger partial charge in [-0.25, -0.2) is 4.39 Å². The second-order valence-electron chi connectivity index (χ2n) is 4.62. The molecule has 3 heteroatoms. The summed E-state index contributed by atoms with van der Waals surface area (Å²) in [7, 11) is 0. The zero-order valence-corrected chi connectivity index (χ0v) is 11.4. The summed E-state index contributed by atoms with van der Waals surface area (Å²) in [4.78, 5) is 0. The average Bonchev–Trinajstić information content (AvgIpc) is 2.42. The largest absolute Gasteiger partial charge is 0.307 e. The van der Waals surface area contributed by atoms with Crippen LogP contribution in [0.4, 0.5) is 4.39 Å². The van der Waals surface area contributed by atoms with Gasteiger partial charge in [0.1, 0.15) is 11.9 Å². The number of nitriles is 1. The van der Waals surface area contributed by atoms with Crippen molar-refractivity contribution < 1.29 is 4.39 Å². The fourth-order valence-corrected chi connectivity index (χ4v) is 2.18. The van der Waals surface area contributed by atoms with E-state index in [0.29, 0.717) is 6.54 Å². The number of hydrogen-bond donors (Lipinski definition) is 1. The Balaban J connectivity index is 2.77. The van der Waals surface area contributed by atoms with Crippen molar-refractivity contribution in [2.45, 2.75) is 52.1 Å². The molecule has 0 aliphatic heterocycles. The van der Waals surface area contributed by atoms with Crippen molar-refractivity contribution in [3.05, 3.63) is 35.1 Å². The van der Waals surface area contributed by atoms with Crippen LogP contribution in [-0.4, -0.2) is 5.54 Å². The Labute approximate surface area is 109 Å². The minimum atomic E-state index is -0.450. The van der Waals surface area contributed by atoms with E-state index in [0.717, 1.165) is 24.8 Å². The molecular weight excluding hydrogens is 227 g/mol. The standard InChI is InChI=1S/C15H21FN2/c1-4-15(5-2,6-3)18-11-12-7-8-14(16)13(9-12)10-17/h7-9,18H,4-6,11H2,1-3H3. The Morgan fingerprint density at radius 2 is 1.83 bits per heavy atom. The summed E-state index contributed by atoms with van der Waals surface area (Å²) in [6, 6.07) is 6.58. The molecule has 0 saturated heterocycles. The minimum Gasteiger partial charge on any atom is -0.307 e. The summed E-state index contributed by atoms with van der Waals surface area (Å²) >= 11 is 0. The van der Waals surface area contributed by atoms with Crippen molar-refractivity contribution >= 4 is 0 Å². The van der Waals surface area contributed by atoms with E-state index in [1.807, 2.05) is 6.07 Å². The third-order valence-corrected chi connectivity index (χ3v) is 3.85. The highest BCUT2D eigenvalue weighted by atomic mass is 19.1. The van der Waals surface area contributed by atoms with Gasteiger partial charge in [0.05, 0.1) is 5.56 Å². The smallest absolute Gasteiger partial charge is 0.140 e. The average molecular weight is 248 g/mol. The van der Waals surface area contributed by atoms with Crippen LogP contribution in [0.15, 0.2) is 18.2 Å². The number of benzene rings is 1. The van der Waals surface area contributed by atoms with Crippen LogP contribution in [0.25, 0.3) is 0 Å². The first-order chi connectivity index (χ1) is 8.60. The zero-order chi connectivity index (χ0) is 13.6. The molecule has 1 N–H and O–H groups in total. The van der Waals surface area contributed by atoms with Gasteiger partial charge in [-0.05, 0) is 37.0 Å². The van der Waals surface area contributed by atoms with E-state index in [2.05, 4.69) is 26.1 Å². The number of nitrogens with one attached hydrogen (secondary N) is 1. The Morgan fingerprint density at radius 3 is 2.33 bits per heavy atom. The van der Waals surface area contributed by atoms with Crippen LogP contribution in [0.5, 0.6) is 0 Å². The summed E-state index contributed by atoms with van der Waals surface area (Å²) < 4.78 is 13.2. The van der Waals surface area contributed by atoms with E-state index in [-0.39, 0.29) is 11.1 Å². The maximum Gasteiger partial charge on any atom is 0.140 e. The fraction of sp³-hybridized carbons (Fsp3) is 0.533. The third-order valence-electron chi connectivity index (χ3n) is 3.85. The minimum absolute atomic E-state index is 0.115. The van der Waals surface area contributed by atoms with E-state index < -0.39 is 5.82 Å². The molecule has 0 radical (unpaired) electrons. The third kappa shape index (κ3) is 3.30. The van der Waals surface area contributed by atoms with Crippen LogP contribution in [0, 0.1) is 17.1 Å². The van der Waals surface area contributed by atoms with E-state index in [9.17, 15) is 4.39 Å². The lowest BCUT2D eigenvalue weighted by Gasteiger charge is -2.32. The molecule has 0 amide bonds. The van der Waals surface area contributed by atoms with Gasteiger partial charge in [-0.1, -0.05) is 26.8 Å². The van der Waals surface area contributed by atoms with Crippen LogP contribution in [0.2, 0.25) is 0 Å². The topological polar surface area (TPSA) is 35.8 Å². The van der Waals surface area contributed by atoms with Crippen molar-refractivity contribution in [2.75, 3.05) is 0 Å². The first-order valence-corrected chi connectivity index (χ1v) is 6.54. The molecule has 0 bridgehead atoms. The lowest BCUT2D eigenvalue weighted by molar-refractivity contribution is 0.288. The first kappa shape index (κ1) is 14.7. The van der Waals surface area contributed by atoms with Gasteiger partial charge < -0.3 is 5.32 Å². The van der Waals surface area contributed by atoms with Crippen molar-refractivity contribution in [1.82, 2.24) is 5.32 Å². The molecule has 0 aliphatic rings. The molecular formula is C15H21FN2. The number of hydrogen-bond acceptors (Lipinski definition) is 2. The predicted octanol–water partition coefficient (Wildman–Crippen LogP) is 3.76. The van der Waals surface area contributed by atoms with Gasteiger partial charge in [0, 0.05) is 12.1 Å². The quantitative estimate of drug-likeness (QED) is 0.832. The highest BCUT2D eigenvalue weighted by Crippen LogP contribution is 2.20. The molecule has 0 aliphatic carbocycles. The van der Waals surface area contributed by atoms with E-state index in [1.165, 1.54) is 6.07 Å². The number of nitrogens with zero attached hydrogens (tertiary/aromatic N) is 1. The van der Waals surface area contributed by atoms with Crippen LogP contribution in [0.3, 0.4) is 0 Å². The summed E-state index contributed by atoms with van der Waals surface area (Å²) in [6.45, 7) is 7.19. The fourth-order valence-electron chi connectivity index (χ4n) is 2.18. The van der Waals surface area contributed by atoms with E-state index >= 15 is 0 Å². The molecule has 0 aromatic heterocycles. The van der Waals surface area contributed by atoms with Gasteiger partial charge in [0.25, 0.3) is 0 Å². The van der Waals surface area contributed by atoms with Gasteiger partial charge in [-0.2, -0.15) is 5.26 Å². The zero-order valence-electron chi connectivity index (χ0n) is 11.4. The van der Waals surface area contributed by atoms with Crippen molar-refractivity contribution in [2.24, 2.45) is 0 Å². The maximum absolute atomic E-state index is 13.2. The molecule has 0 unspecified atom stereocenters. The van der Waals surface area contributed by atoms with Gasteiger partial charge in [-0.3, -0.25) is 0 Å². The molecule has 1 rings (SSSR count). The van der Waals surface area contributed by atoms with Crippen molar-refractivity contribution in [3.63, 3.8) is 0 Å². The second kappa shape index (κ2) is 6.51. The van der Waals surface area contributed by atoms with E-state index in [1.54, 1.807) is 12.1 Å². The Bertz CT molecular complexity index is 422. The summed E-state index contributed by atoms with van der Waals surface area (Å²) in [5, 5.41) is 12.3. The van der Waals surface area contributed by atoms with Gasteiger partial charge in [0.2, 0.25) is 0 Å². The van der Waals surface area contributed by atoms with Crippen LogP contribution in [0.1, 0.15) is 51.2 Å². The summed E-state index contributed by atoms with van der Waals surface area (Å²) in [6.07, 6.45) is 3.19. The maximum atomic E-state index is 13.2. The summed E-state index contributed by atoms with van der Waals surface area (Å²) in [5.41, 5.74) is 1.21. The Kier molecular flexibility index (Phi) is 5.30. The predicted molar refractivity (Wildman–Crippen MR) is 71.6 cm³/mol. The van der Waals surface area contributed by atoms with Crippen molar-refractivity contribution in [1.29, 1.82) is 5.26 Å². The van der Waals surface area contributed by atoms with Crippen LogP contribution < -0.4 is 5.32 Å². The first-order valence-electron chi connectivity index (χ1n) is 6.54. The Morgan fingerprint density at radius 1 is 1.22 bits per heavy atom. The highest BCUT2D eigenvalue weighted by molar-refractivity contribution is 5.34. The lowest BCUT2D eigenvalue weighted by Crippen LogP contribution is -2.43. The van der Waals surface area contributed by atoms with Crippen molar-refractivity contribution in [3.8, 4) is 6.07 Å². The SMILES string of the molecule is CCC(CC)(CC)NCc1ccc(F)c(C#N)c1. The molecule has 1 aromatic carbocycles. The number of rotatable bonds is 6. The molecule has 0 fully saturated rings. The molecule has 18 heavy (non-hydrogen) atoms. The lowest BCUT2D eigenvalue weighted by atomic mass is 9.89. The van der Waals surface area contributed by atoms with Gasteiger partial charge >= 0.3 is 0 Å². The van der Waals surface area contributed by atoms with Gasteiger partial charge in [-0.15, -0.1) is 0 Å². The highest BCUT2D eigenvalue weighted by Gasteiger charge is 2.22. The van der Waals surface area contributed by atoms with Crippen LogP contribution in [-0.2, 0) is 6.54 Å². The Hall–Kier alpha value is -1.40. The van der Waals surface area contributed by atoms with E-state index in [4.69, 9.17) is 5.26 Å². The summed E-state index contributed by atoms with van der Waals surface area (Å²) in [5.74, 6) is -0.450. The normalized spacial score (nSPS) is 11.3. The van der Waals surface area contributed by atoms with Gasteiger partial charge in [0.15, 0.2) is 0 Å².